The molecule has 0 aliphatic carbocycles. The summed E-state index contributed by atoms with van der Waals surface area (Å²) in [6.45, 7) is 1.77. The Morgan fingerprint density at radius 1 is 1.13 bits per heavy atom. The Hall–Kier alpha value is -2.04. The lowest BCUT2D eigenvalue weighted by Gasteiger charge is -2.14. The molecule has 0 fully saturated rings. The summed E-state index contributed by atoms with van der Waals surface area (Å²) in [4.78, 5) is 24.0. The first-order chi connectivity index (χ1) is 11.0. The normalized spacial score (nSPS) is 11.6. The molecule has 2 aromatic carbocycles. The Morgan fingerprint density at radius 2 is 1.87 bits per heavy atom. The number of carbonyl (C=O) groups excluding carboxylic acids is 2. The molecule has 0 aromatic heterocycles. The van der Waals surface area contributed by atoms with Crippen molar-refractivity contribution >= 4 is 35.1 Å². The van der Waals surface area contributed by atoms with E-state index in [4.69, 9.17) is 27.9 Å². The second-order valence-corrected chi connectivity index (χ2v) is 5.71. The molecule has 23 heavy (non-hydrogen) atoms. The maximum absolute atomic E-state index is 12.0. The van der Waals surface area contributed by atoms with Gasteiger partial charge in [-0.15, -0.1) is 0 Å². The van der Waals surface area contributed by atoms with E-state index in [1.54, 1.807) is 24.3 Å². The van der Waals surface area contributed by atoms with Crippen LogP contribution < -0.4 is 5.32 Å². The summed E-state index contributed by atoms with van der Waals surface area (Å²) in [6.07, 6.45) is -0.927. The largest absolute Gasteiger partial charge is 0.449 e. The summed E-state index contributed by atoms with van der Waals surface area (Å²) in [5.74, 6) is -1.01. The number of carbonyl (C=O) groups is 2. The van der Waals surface area contributed by atoms with Crippen LogP contribution in [0.1, 0.15) is 22.8 Å². The van der Waals surface area contributed by atoms with E-state index in [2.05, 4.69) is 5.32 Å². The smallest absolute Gasteiger partial charge is 0.338 e. The number of benzene rings is 2. The summed E-state index contributed by atoms with van der Waals surface area (Å²) in [5, 5.41) is 3.67. The molecule has 4 nitrogen and oxygen atoms in total. The van der Waals surface area contributed by atoms with Crippen LogP contribution in [-0.4, -0.2) is 18.0 Å². The highest BCUT2D eigenvalue weighted by Crippen LogP contribution is 2.15. The number of hydrogen-bond donors (Lipinski definition) is 1. The highest BCUT2D eigenvalue weighted by Gasteiger charge is 2.19. The van der Waals surface area contributed by atoms with Crippen LogP contribution in [0.5, 0.6) is 0 Å². The summed E-state index contributed by atoms with van der Waals surface area (Å²) in [6, 6.07) is 13.5. The van der Waals surface area contributed by atoms with Crippen molar-refractivity contribution in [2.75, 3.05) is 0 Å². The van der Waals surface area contributed by atoms with E-state index >= 15 is 0 Å². The Labute approximate surface area is 144 Å². The van der Waals surface area contributed by atoms with Crippen LogP contribution in [-0.2, 0) is 16.1 Å². The molecule has 0 saturated carbocycles. The molecule has 0 heterocycles. The van der Waals surface area contributed by atoms with E-state index in [0.29, 0.717) is 15.6 Å². The highest BCUT2D eigenvalue weighted by molar-refractivity contribution is 6.31. The number of rotatable bonds is 5. The number of amides is 1. The third kappa shape index (κ3) is 4.98. The van der Waals surface area contributed by atoms with Gasteiger partial charge < -0.3 is 10.1 Å². The standard InChI is InChI=1S/C17H15Cl2NO3/c1-11(23-17(22)12-6-4-7-14(18)9-12)16(21)20-10-13-5-2-3-8-15(13)19/h2-9,11H,10H2,1H3,(H,20,21). The molecule has 1 atom stereocenters. The van der Waals surface area contributed by atoms with Crippen LogP contribution in [0.3, 0.4) is 0 Å². The molecular formula is C17H15Cl2NO3. The molecule has 0 aliphatic rings. The van der Waals surface area contributed by atoms with E-state index < -0.39 is 18.0 Å². The molecule has 2 aromatic rings. The van der Waals surface area contributed by atoms with Crippen molar-refractivity contribution in [3.8, 4) is 0 Å². The van der Waals surface area contributed by atoms with Gasteiger partial charge in [-0.25, -0.2) is 4.79 Å². The van der Waals surface area contributed by atoms with Gasteiger partial charge in [-0.05, 0) is 36.8 Å². The monoisotopic (exact) mass is 351 g/mol. The fourth-order valence-electron chi connectivity index (χ4n) is 1.87. The number of nitrogens with one attached hydrogen (secondary N) is 1. The first-order valence-electron chi connectivity index (χ1n) is 6.95. The van der Waals surface area contributed by atoms with Gasteiger partial charge >= 0.3 is 5.97 Å². The van der Waals surface area contributed by atoms with Gasteiger partial charge in [-0.1, -0.05) is 47.5 Å². The zero-order valence-electron chi connectivity index (χ0n) is 12.4. The second kappa shape index (κ2) is 7.99. The van der Waals surface area contributed by atoms with E-state index in [1.165, 1.54) is 13.0 Å². The molecule has 1 unspecified atom stereocenters. The Bertz CT molecular complexity index is 718. The minimum absolute atomic E-state index is 0.261. The highest BCUT2D eigenvalue weighted by atomic mass is 35.5. The fraction of sp³-hybridized carbons (Fsp3) is 0.176. The van der Waals surface area contributed by atoms with Gasteiger partial charge in [-0.2, -0.15) is 0 Å². The van der Waals surface area contributed by atoms with Crippen LogP contribution in [0.4, 0.5) is 0 Å². The molecule has 0 spiro atoms. The quantitative estimate of drug-likeness (QED) is 0.832. The minimum atomic E-state index is -0.927. The number of ether oxygens (including phenoxy) is 1. The van der Waals surface area contributed by atoms with Gasteiger partial charge in [0.2, 0.25) is 0 Å². The molecule has 1 N–H and O–H groups in total. The third-order valence-electron chi connectivity index (χ3n) is 3.12. The van der Waals surface area contributed by atoms with E-state index in [9.17, 15) is 9.59 Å². The van der Waals surface area contributed by atoms with E-state index in [0.717, 1.165) is 5.56 Å². The lowest BCUT2D eigenvalue weighted by molar-refractivity contribution is -0.129. The van der Waals surface area contributed by atoms with Crippen LogP contribution in [0.2, 0.25) is 10.0 Å². The van der Waals surface area contributed by atoms with Crippen molar-refractivity contribution in [3.63, 3.8) is 0 Å². The number of hydrogen-bond acceptors (Lipinski definition) is 3. The zero-order chi connectivity index (χ0) is 16.8. The van der Waals surface area contributed by atoms with Crippen molar-refractivity contribution < 1.29 is 14.3 Å². The minimum Gasteiger partial charge on any atom is -0.449 e. The SMILES string of the molecule is CC(OC(=O)c1cccc(Cl)c1)C(=O)NCc1ccccc1Cl. The van der Waals surface area contributed by atoms with Crippen molar-refractivity contribution in [2.45, 2.75) is 19.6 Å². The molecule has 0 saturated heterocycles. The van der Waals surface area contributed by atoms with Crippen LogP contribution >= 0.6 is 23.2 Å². The first-order valence-corrected chi connectivity index (χ1v) is 7.70. The number of halogens is 2. The molecule has 0 aliphatic heterocycles. The fourth-order valence-corrected chi connectivity index (χ4v) is 2.26. The van der Waals surface area contributed by atoms with Crippen molar-refractivity contribution in [3.05, 3.63) is 69.7 Å². The van der Waals surface area contributed by atoms with Crippen LogP contribution in [0.15, 0.2) is 48.5 Å². The molecular weight excluding hydrogens is 337 g/mol. The maximum Gasteiger partial charge on any atom is 0.338 e. The lowest BCUT2D eigenvalue weighted by Crippen LogP contribution is -2.35. The van der Waals surface area contributed by atoms with Crippen molar-refractivity contribution in [1.82, 2.24) is 5.32 Å². The predicted molar refractivity (Wildman–Crippen MR) is 89.6 cm³/mol. The summed E-state index contributed by atoms with van der Waals surface area (Å²) < 4.78 is 5.13. The lowest BCUT2D eigenvalue weighted by atomic mass is 10.2. The van der Waals surface area contributed by atoms with Crippen LogP contribution in [0.25, 0.3) is 0 Å². The van der Waals surface area contributed by atoms with Gasteiger partial charge in [0.15, 0.2) is 6.10 Å². The average molecular weight is 352 g/mol. The molecule has 0 bridgehead atoms. The maximum atomic E-state index is 12.0. The van der Waals surface area contributed by atoms with E-state index in [1.807, 2.05) is 18.2 Å². The van der Waals surface area contributed by atoms with Crippen molar-refractivity contribution in [2.24, 2.45) is 0 Å². The third-order valence-corrected chi connectivity index (χ3v) is 3.73. The second-order valence-electron chi connectivity index (χ2n) is 4.87. The van der Waals surface area contributed by atoms with Gasteiger partial charge in [0, 0.05) is 16.6 Å². The Balaban J connectivity index is 1.90. The Kier molecular flexibility index (Phi) is 6.02. The first kappa shape index (κ1) is 17.3. The van der Waals surface area contributed by atoms with Gasteiger partial charge in [-0.3, -0.25) is 4.79 Å². The Morgan fingerprint density at radius 3 is 2.57 bits per heavy atom. The molecule has 6 heteroatoms. The number of esters is 1. The van der Waals surface area contributed by atoms with Gasteiger partial charge in [0.25, 0.3) is 5.91 Å². The average Bonchev–Trinajstić information content (AvgIpc) is 2.53. The topological polar surface area (TPSA) is 55.4 Å². The predicted octanol–water partition coefficient (Wildman–Crippen LogP) is 3.86. The molecule has 0 radical (unpaired) electrons. The summed E-state index contributed by atoms with van der Waals surface area (Å²) >= 11 is 11.8. The van der Waals surface area contributed by atoms with Crippen LogP contribution in [0, 0.1) is 0 Å². The molecule has 2 rings (SSSR count). The summed E-state index contributed by atoms with van der Waals surface area (Å²) in [7, 11) is 0. The van der Waals surface area contributed by atoms with Gasteiger partial charge in [0.1, 0.15) is 0 Å². The zero-order valence-corrected chi connectivity index (χ0v) is 13.9. The molecule has 120 valence electrons. The van der Waals surface area contributed by atoms with Crippen molar-refractivity contribution in [1.29, 1.82) is 0 Å². The summed E-state index contributed by atoms with van der Waals surface area (Å²) in [5.41, 5.74) is 1.08. The van der Waals surface area contributed by atoms with Gasteiger partial charge in [0.05, 0.1) is 5.56 Å². The molecule has 1 amide bonds. The van der Waals surface area contributed by atoms with E-state index in [-0.39, 0.29) is 6.54 Å².